The minimum Gasteiger partial charge on any atom is -0.299 e. The van der Waals surface area contributed by atoms with Gasteiger partial charge in [0.25, 0.3) is 0 Å². The summed E-state index contributed by atoms with van der Waals surface area (Å²) >= 11 is 1.76. The van der Waals surface area contributed by atoms with Gasteiger partial charge >= 0.3 is 0 Å². The summed E-state index contributed by atoms with van der Waals surface area (Å²) < 4.78 is 1.13. The molecule has 0 unspecified atom stereocenters. The molecule has 3 heterocycles. The van der Waals surface area contributed by atoms with Gasteiger partial charge in [0.05, 0.1) is 10.2 Å². The predicted molar refractivity (Wildman–Crippen MR) is 88.4 cm³/mol. The van der Waals surface area contributed by atoms with E-state index in [-0.39, 0.29) is 0 Å². The van der Waals surface area contributed by atoms with E-state index in [0.29, 0.717) is 0 Å². The molecule has 0 N–H and O–H groups in total. The van der Waals surface area contributed by atoms with E-state index in [0.717, 1.165) is 16.8 Å². The molecule has 2 aromatic heterocycles. The number of likely N-dealkylation sites (tertiary alicyclic amines) is 1. The number of rotatable bonds is 3. The lowest BCUT2D eigenvalue weighted by atomic mass is 10.1. The van der Waals surface area contributed by atoms with Crippen LogP contribution in [-0.2, 0) is 6.54 Å². The van der Waals surface area contributed by atoms with Crippen molar-refractivity contribution in [2.75, 3.05) is 13.1 Å². The van der Waals surface area contributed by atoms with Gasteiger partial charge in [-0.25, -0.2) is 0 Å². The zero-order valence-electron chi connectivity index (χ0n) is 11.9. The van der Waals surface area contributed by atoms with Crippen LogP contribution in [0.4, 0.5) is 0 Å². The minimum absolute atomic E-state index is 1.04. The molecule has 0 atom stereocenters. The average molecular weight is 293 g/mol. The summed E-state index contributed by atoms with van der Waals surface area (Å²) in [6.45, 7) is 3.58. The van der Waals surface area contributed by atoms with Crippen LogP contribution in [-0.4, -0.2) is 23.0 Å². The molecular weight excluding hydrogens is 276 g/mol. The molecule has 3 heteroatoms. The van der Waals surface area contributed by atoms with Gasteiger partial charge in [0.15, 0.2) is 0 Å². The minimum atomic E-state index is 1.04. The van der Waals surface area contributed by atoms with Crippen molar-refractivity contribution >= 4 is 21.6 Å². The van der Waals surface area contributed by atoms with E-state index in [1.54, 1.807) is 17.5 Å². The Hall–Kier alpha value is -1.71. The molecule has 1 saturated heterocycles. The fraction of sp³-hybridized carbons (Fsp3) is 0.278. The third-order valence-electron chi connectivity index (χ3n) is 4.06. The molecule has 0 bridgehead atoms. The Morgan fingerprint density at radius 3 is 2.71 bits per heavy atom. The number of benzene rings is 1. The van der Waals surface area contributed by atoms with E-state index in [4.69, 9.17) is 0 Å². The lowest BCUT2D eigenvalue weighted by molar-refractivity contribution is 0.331. The van der Waals surface area contributed by atoms with E-state index < -0.39 is 0 Å². The molecule has 1 fully saturated rings. The van der Waals surface area contributed by atoms with Gasteiger partial charge in [0, 0.05) is 23.7 Å². The van der Waals surface area contributed by atoms with Crippen LogP contribution in [0.1, 0.15) is 18.4 Å². The van der Waals surface area contributed by atoms with Crippen molar-refractivity contribution in [1.29, 1.82) is 0 Å². The third-order valence-corrected chi connectivity index (χ3v) is 5.16. The van der Waals surface area contributed by atoms with Gasteiger partial charge in [-0.2, -0.15) is 0 Å². The summed E-state index contributed by atoms with van der Waals surface area (Å²) in [5.74, 6) is 0. The fourth-order valence-corrected chi connectivity index (χ4v) is 3.91. The standard InChI is InChI=1S/C18H17N2S/c1-2-11-20(10-1)13-14-5-7-15(8-6-14)18-12-16-17(21-18)4-3-9-19-16/h3,5-9,12H,1-2,10-11,13H2. The first-order valence-electron chi connectivity index (χ1n) is 7.46. The Bertz CT molecular complexity index is 706. The normalized spacial score (nSPS) is 15.8. The summed E-state index contributed by atoms with van der Waals surface area (Å²) in [6.07, 6.45) is 4.50. The van der Waals surface area contributed by atoms with Crippen LogP contribution in [0.2, 0.25) is 0 Å². The average Bonchev–Trinajstić information content (AvgIpc) is 3.16. The second-order valence-electron chi connectivity index (χ2n) is 5.59. The fourth-order valence-electron chi connectivity index (χ4n) is 2.93. The molecule has 4 rings (SSSR count). The number of nitrogens with zero attached hydrogens (tertiary/aromatic N) is 2. The molecule has 1 aliphatic rings. The van der Waals surface area contributed by atoms with Gasteiger partial charge in [-0.1, -0.05) is 24.3 Å². The summed E-state index contributed by atoms with van der Waals surface area (Å²) in [6, 6.07) is 16.3. The molecule has 3 aromatic rings. The molecule has 2 nitrogen and oxygen atoms in total. The number of hydrogen-bond donors (Lipinski definition) is 0. The first kappa shape index (κ1) is 13.0. The Morgan fingerprint density at radius 2 is 1.95 bits per heavy atom. The van der Waals surface area contributed by atoms with Crippen LogP contribution >= 0.6 is 11.3 Å². The quantitative estimate of drug-likeness (QED) is 0.713. The van der Waals surface area contributed by atoms with E-state index in [9.17, 15) is 0 Å². The lowest BCUT2D eigenvalue weighted by Crippen LogP contribution is -2.18. The highest BCUT2D eigenvalue weighted by Crippen LogP contribution is 2.32. The summed E-state index contributed by atoms with van der Waals surface area (Å²) in [7, 11) is 0. The van der Waals surface area contributed by atoms with Crippen molar-refractivity contribution in [2.45, 2.75) is 19.4 Å². The zero-order chi connectivity index (χ0) is 14.1. The van der Waals surface area contributed by atoms with Gasteiger partial charge in [0.2, 0.25) is 0 Å². The van der Waals surface area contributed by atoms with Crippen molar-refractivity contribution in [3.63, 3.8) is 0 Å². The maximum atomic E-state index is 4.39. The van der Waals surface area contributed by atoms with Gasteiger partial charge in [-0.05, 0) is 49.2 Å². The second kappa shape index (κ2) is 5.58. The van der Waals surface area contributed by atoms with Crippen molar-refractivity contribution in [1.82, 2.24) is 9.88 Å². The topological polar surface area (TPSA) is 16.1 Å². The number of hydrogen-bond acceptors (Lipinski definition) is 3. The maximum absolute atomic E-state index is 4.39. The molecular formula is C18H17N2S. The van der Waals surface area contributed by atoms with E-state index in [1.165, 1.54) is 41.9 Å². The van der Waals surface area contributed by atoms with Crippen LogP contribution in [0, 0.1) is 6.07 Å². The predicted octanol–water partition coefficient (Wildman–Crippen LogP) is 4.36. The summed E-state index contributed by atoms with van der Waals surface area (Å²) in [5, 5.41) is 0. The monoisotopic (exact) mass is 293 g/mol. The number of thiophene rings is 1. The molecule has 0 spiro atoms. The Labute approximate surface area is 129 Å². The van der Waals surface area contributed by atoms with Gasteiger partial charge < -0.3 is 0 Å². The van der Waals surface area contributed by atoms with Crippen LogP contribution in [0.5, 0.6) is 0 Å². The molecule has 105 valence electrons. The van der Waals surface area contributed by atoms with Crippen molar-refractivity contribution < 1.29 is 0 Å². The molecule has 1 aromatic carbocycles. The van der Waals surface area contributed by atoms with E-state index >= 15 is 0 Å². The number of pyridine rings is 1. The Kier molecular flexibility index (Phi) is 3.45. The highest BCUT2D eigenvalue weighted by molar-refractivity contribution is 7.22. The maximum Gasteiger partial charge on any atom is 0.0822 e. The highest BCUT2D eigenvalue weighted by atomic mass is 32.1. The molecule has 0 amide bonds. The molecule has 0 saturated carbocycles. The molecule has 1 aliphatic heterocycles. The first-order valence-corrected chi connectivity index (χ1v) is 8.28. The number of aromatic nitrogens is 1. The molecule has 0 aliphatic carbocycles. The SMILES string of the molecule is [c]1ccnc2cc(-c3ccc(CN4CCCC4)cc3)sc12. The number of fused-ring (bicyclic) bond motifs is 1. The van der Waals surface area contributed by atoms with Crippen molar-refractivity contribution in [3.8, 4) is 10.4 Å². The second-order valence-corrected chi connectivity index (χ2v) is 6.65. The molecule has 1 radical (unpaired) electrons. The van der Waals surface area contributed by atoms with Crippen LogP contribution < -0.4 is 0 Å². The first-order chi connectivity index (χ1) is 10.4. The third kappa shape index (κ3) is 2.71. The van der Waals surface area contributed by atoms with Crippen LogP contribution in [0.25, 0.3) is 20.7 Å². The van der Waals surface area contributed by atoms with Gasteiger partial charge in [0.1, 0.15) is 0 Å². The summed E-state index contributed by atoms with van der Waals surface area (Å²) in [5.41, 5.74) is 3.72. The van der Waals surface area contributed by atoms with Crippen LogP contribution in [0.3, 0.4) is 0 Å². The Balaban J connectivity index is 1.57. The lowest BCUT2D eigenvalue weighted by Gasteiger charge is -2.14. The largest absolute Gasteiger partial charge is 0.299 e. The van der Waals surface area contributed by atoms with E-state index in [1.807, 2.05) is 6.07 Å². The van der Waals surface area contributed by atoms with Gasteiger partial charge in [-0.3, -0.25) is 9.88 Å². The smallest absolute Gasteiger partial charge is 0.0822 e. The molecule has 21 heavy (non-hydrogen) atoms. The van der Waals surface area contributed by atoms with Crippen molar-refractivity contribution in [3.05, 3.63) is 54.2 Å². The zero-order valence-corrected chi connectivity index (χ0v) is 12.7. The Morgan fingerprint density at radius 1 is 1.14 bits per heavy atom. The van der Waals surface area contributed by atoms with E-state index in [2.05, 4.69) is 46.3 Å². The highest BCUT2D eigenvalue weighted by Gasteiger charge is 2.11. The van der Waals surface area contributed by atoms with Crippen molar-refractivity contribution in [2.24, 2.45) is 0 Å². The van der Waals surface area contributed by atoms with Crippen LogP contribution in [0.15, 0.2) is 42.6 Å². The van der Waals surface area contributed by atoms with Gasteiger partial charge in [-0.15, -0.1) is 11.3 Å². The summed E-state index contributed by atoms with van der Waals surface area (Å²) in [4.78, 5) is 8.19.